The lowest BCUT2D eigenvalue weighted by Crippen LogP contribution is -2.28. The van der Waals surface area contributed by atoms with E-state index in [-0.39, 0.29) is 78.3 Å². The lowest BCUT2D eigenvalue weighted by molar-refractivity contribution is -0.121. The molecule has 0 aliphatic heterocycles. The number of phenols is 4. The monoisotopic (exact) mass is 627 g/mol. The highest BCUT2D eigenvalue weighted by Gasteiger charge is 2.35. The average molecular weight is 628 g/mol. The van der Waals surface area contributed by atoms with Crippen LogP contribution in [-0.2, 0) is 30.7 Å². The molecule has 9 nitrogen and oxygen atoms in total. The van der Waals surface area contributed by atoms with Crippen molar-refractivity contribution in [1.82, 2.24) is 0 Å². The van der Waals surface area contributed by atoms with E-state index in [1.54, 1.807) is 42.5 Å². The lowest BCUT2D eigenvalue weighted by atomic mass is 9.70. The number of ether oxygens (including phenoxy) is 2. The minimum atomic E-state index is -0.926. The van der Waals surface area contributed by atoms with Gasteiger partial charge >= 0.3 is 0 Å². The van der Waals surface area contributed by atoms with Gasteiger partial charge in [0, 0.05) is 18.4 Å². The molecule has 5 rings (SSSR count). The Morgan fingerprint density at radius 3 is 2.41 bits per heavy atom. The first kappa shape index (κ1) is 32.7. The van der Waals surface area contributed by atoms with Crippen molar-refractivity contribution in [1.29, 1.82) is 0 Å². The maximum Gasteiger partial charge on any atom is 0.200 e. The molecule has 1 aliphatic carbocycles. The Hall–Kier alpha value is -4.73. The number of hydrogen-bond acceptors (Lipinski definition) is 9. The third-order valence-corrected chi connectivity index (χ3v) is 8.69. The van der Waals surface area contributed by atoms with Crippen LogP contribution in [0.2, 0.25) is 0 Å². The lowest BCUT2D eigenvalue weighted by Gasteiger charge is -2.36. The molecule has 46 heavy (non-hydrogen) atoms. The number of benzene rings is 4. The summed E-state index contributed by atoms with van der Waals surface area (Å²) >= 11 is 0. The molecule has 242 valence electrons. The Bertz CT molecular complexity index is 1640. The molecule has 0 aromatic heterocycles. The van der Waals surface area contributed by atoms with Crippen LogP contribution in [0, 0.1) is 5.92 Å². The van der Waals surface area contributed by atoms with E-state index in [2.05, 4.69) is 12.1 Å². The van der Waals surface area contributed by atoms with Crippen LogP contribution >= 0.6 is 0 Å². The summed E-state index contributed by atoms with van der Waals surface area (Å²) in [5.41, 5.74) is 9.65. The number of fused-ring (bicyclic) bond motifs is 1. The molecule has 0 unspecified atom stereocenters. The predicted octanol–water partition coefficient (Wildman–Crippen LogP) is 5.61. The number of hydrogen-bond donors (Lipinski definition) is 6. The fourth-order valence-corrected chi connectivity index (χ4v) is 6.45. The number of Topliss-reactive ketones (excluding diaryl/α,β-unsaturated/α-hetero) is 1. The Morgan fingerprint density at radius 2 is 1.65 bits per heavy atom. The summed E-state index contributed by atoms with van der Waals surface area (Å²) in [6.07, 6.45) is 2.08. The summed E-state index contributed by atoms with van der Waals surface area (Å²) in [7, 11) is 0. The van der Waals surface area contributed by atoms with E-state index in [4.69, 9.17) is 15.2 Å². The van der Waals surface area contributed by atoms with Gasteiger partial charge in [-0.05, 0) is 96.5 Å². The van der Waals surface area contributed by atoms with Crippen molar-refractivity contribution in [3.05, 3.63) is 107 Å². The van der Waals surface area contributed by atoms with Crippen LogP contribution in [-0.4, -0.2) is 44.2 Å². The molecule has 0 spiro atoms. The fraction of sp³-hybridized carbons (Fsp3) is 0.324. The summed E-state index contributed by atoms with van der Waals surface area (Å²) in [6, 6.07) is 23.2. The molecular weight excluding hydrogens is 586 g/mol. The molecule has 0 amide bonds. The van der Waals surface area contributed by atoms with E-state index in [0.717, 1.165) is 35.1 Å². The molecule has 3 atom stereocenters. The second-order valence-electron chi connectivity index (χ2n) is 11.9. The van der Waals surface area contributed by atoms with E-state index >= 15 is 0 Å². The third-order valence-electron chi connectivity index (χ3n) is 8.69. The predicted molar refractivity (Wildman–Crippen MR) is 173 cm³/mol. The summed E-state index contributed by atoms with van der Waals surface area (Å²) in [4.78, 5) is 13.0. The number of aromatic hydroxyl groups is 4. The van der Waals surface area contributed by atoms with Crippen molar-refractivity contribution < 1.29 is 39.8 Å². The molecule has 0 saturated carbocycles. The van der Waals surface area contributed by atoms with Crippen LogP contribution < -0.4 is 15.2 Å². The van der Waals surface area contributed by atoms with Crippen LogP contribution in [0.5, 0.6) is 34.5 Å². The van der Waals surface area contributed by atoms with Crippen LogP contribution in [0.15, 0.2) is 78.9 Å². The van der Waals surface area contributed by atoms with Crippen molar-refractivity contribution in [2.24, 2.45) is 11.7 Å². The number of rotatable bonds is 14. The molecule has 7 N–H and O–H groups in total. The number of carbonyl (C=O) groups excluding carboxylic acids is 1. The summed E-state index contributed by atoms with van der Waals surface area (Å²) in [5.74, 6) is -0.329. The van der Waals surface area contributed by atoms with Gasteiger partial charge in [0.2, 0.25) is 5.75 Å². The van der Waals surface area contributed by atoms with Gasteiger partial charge in [-0.2, -0.15) is 0 Å². The van der Waals surface area contributed by atoms with Gasteiger partial charge in [0.05, 0.1) is 6.10 Å². The fourth-order valence-electron chi connectivity index (χ4n) is 6.45. The SMILES string of the molecule is NCOc1cc(CCC(=O)C[C@H](O)C[C@H]2c3cc(O)c(O)c(OCc4cccc(O)c4)c3CC[C@@H]2Cc2ccccc2)ccc1O. The first-order valence-electron chi connectivity index (χ1n) is 15.6. The molecule has 0 radical (unpaired) electrons. The summed E-state index contributed by atoms with van der Waals surface area (Å²) in [6.45, 7) is -0.00570. The van der Waals surface area contributed by atoms with Crippen LogP contribution in [0.4, 0.5) is 0 Å². The number of nitrogens with two attached hydrogens (primary N) is 1. The van der Waals surface area contributed by atoms with Crippen LogP contribution in [0.1, 0.15) is 59.4 Å². The molecule has 9 heteroatoms. The highest BCUT2D eigenvalue weighted by atomic mass is 16.5. The van der Waals surface area contributed by atoms with Crippen molar-refractivity contribution >= 4 is 5.78 Å². The van der Waals surface area contributed by atoms with Gasteiger partial charge in [-0.25, -0.2) is 0 Å². The third kappa shape index (κ3) is 8.10. The van der Waals surface area contributed by atoms with Crippen molar-refractivity contribution in [2.75, 3.05) is 6.73 Å². The highest BCUT2D eigenvalue weighted by Crippen LogP contribution is 2.50. The highest BCUT2D eigenvalue weighted by molar-refractivity contribution is 5.79. The second kappa shape index (κ2) is 15.0. The Morgan fingerprint density at radius 1 is 0.870 bits per heavy atom. The van der Waals surface area contributed by atoms with E-state index in [1.165, 1.54) is 6.07 Å². The molecule has 4 aromatic rings. The Balaban J connectivity index is 1.34. The maximum absolute atomic E-state index is 13.0. The van der Waals surface area contributed by atoms with E-state index < -0.39 is 6.10 Å². The number of phenolic OH excluding ortho intramolecular Hbond substituents is 4. The number of aryl methyl sites for hydroxylation is 1. The topological polar surface area (TPSA) is 163 Å². The van der Waals surface area contributed by atoms with Gasteiger partial charge in [0.15, 0.2) is 23.0 Å². The average Bonchev–Trinajstić information content (AvgIpc) is 3.03. The zero-order valence-corrected chi connectivity index (χ0v) is 25.6. The van der Waals surface area contributed by atoms with E-state index in [9.17, 15) is 30.3 Å². The van der Waals surface area contributed by atoms with E-state index in [1.807, 2.05) is 18.2 Å². The maximum atomic E-state index is 13.0. The second-order valence-corrected chi connectivity index (χ2v) is 11.9. The van der Waals surface area contributed by atoms with Crippen LogP contribution in [0.3, 0.4) is 0 Å². The van der Waals surface area contributed by atoms with Crippen molar-refractivity contribution in [3.8, 4) is 34.5 Å². The number of aliphatic hydroxyl groups excluding tert-OH is 1. The number of ketones is 1. The summed E-state index contributed by atoms with van der Waals surface area (Å²) < 4.78 is 11.3. The largest absolute Gasteiger partial charge is 0.508 e. The molecule has 0 fully saturated rings. The smallest absolute Gasteiger partial charge is 0.200 e. The minimum Gasteiger partial charge on any atom is -0.508 e. The first-order chi connectivity index (χ1) is 22.2. The van der Waals surface area contributed by atoms with Gasteiger partial charge in [-0.3, -0.25) is 10.5 Å². The van der Waals surface area contributed by atoms with Crippen LogP contribution in [0.25, 0.3) is 0 Å². The van der Waals surface area contributed by atoms with Gasteiger partial charge in [-0.1, -0.05) is 48.5 Å². The Kier molecular flexibility index (Phi) is 10.7. The number of aliphatic hydroxyl groups is 1. The van der Waals surface area contributed by atoms with Gasteiger partial charge in [0.25, 0.3) is 0 Å². The molecular formula is C37H41NO8. The first-order valence-corrected chi connectivity index (χ1v) is 15.6. The minimum absolute atomic E-state index is 0.0268. The standard InChI is InChI=1S/C37H41NO8/c38-22-46-35-17-24(10-14-33(35)42)9-12-28(40)18-29(41)19-31-26(15-23-5-2-1-3-6-23)11-13-30-32(31)20-34(43)36(44)37(30)45-21-25-7-4-8-27(39)16-25/h1-8,10,14,16-17,20,26,29,31,39,41-44H,9,11-13,15,18-19,21-22,38H2/t26-,29+,31-/m1/s1. The molecule has 0 bridgehead atoms. The molecule has 0 saturated heterocycles. The normalized spacial score (nSPS) is 16.4. The molecule has 0 heterocycles. The number of carbonyl (C=O) groups is 1. The van der Waals surface area contributed by atoms with Gasteiger partial charge < -0.3 is 35.0 Å². The quantitative estimate of drug-likeness (QED) is 0.0770. The molecule has 4 aromatic carbocycles. The summed E-state index contributed by atoms with van der Waals surface area (Å²) in [5, 5.41) is 52.7. The zero-order valence-electron chi connectivity index (χ0n) is 25.6. The zero-order chi connectivity index (χ0) is 32.6. The Labute approximate surface area is 268 Å². The van der Waals surface area contributed by atoms with Gasteiger partial charge in [-0.15, -0.1) is 0 Å². The molecule has 1 aliphatic rings. The van der Waals surface area contributed by atoms with Gasteiger partial charge in [0.1, 0.15) is 24.9 Å². The van der Waals surface area contributed by atoms with E-state index in [0.29, 0.717) is 24.8 Å². The van der Waals surface area contributed by atoms with Crippen molar-refractivity contribution in [2.45, 2.75) is 63.6 Å². The van der Waals surface area contributed by atoms with Crippen molar-refractivity contribution in [3.63, 3.8) is 0 Å².